The lowest BCUT2D eigenvalue weighted by Gasteiger charge is -2.42. The van der Waals surface area contributed by atoms with E-state index < -0.39 is 0 Å². The molecule has 1 aromatic carbocycles. The van der Waals surface area contributed by atoms with Crippen molar-refractivity contribution in [3.8, 4) is 0 Å². The molecule has 0 radical (unpaired) electrons. The number of carbonyl (C=O) groups is 1. The van der Waals surface area contributed by atoms with Gasteiger partial charge in [0.2, 0.25) is 5.91 Å². The van der Waals surface area contributed by atoms with E-state index in [2.05, 4.69) is 0 Å². The molecule has 1 N–H and O–H groups in total. The highest BCUT2D eigenvalue weighted by Crippen LogP contribution is 2.34. The fourth-order valence-electron chi connectivity index (χ4n) is 4.57. The Morgan fingerprint density at radius 1 is 1.20 bits per heavy atom. The van der Waals surface area contributed by atoms with Crippen molar-refractivity contribution in [2.75, 3.05) is 19.7 Å². The molecule has 1 atom stereocenters. The van der Waals surface area contributed by atoms with E-state index >= 15 is 0 Å². The zero-order valence-electron chi connectivity index (χ0n) is 15.1. The molecule has 0 spiro atoms. The molecule has 2 aliphatic rings. The summed E-state index contributed by atoms with van der Waals surface area (Å²) in [6, 6.07) is 6.50. The highest BCUT2D eigenvalue weighted by Gasteiger charge is 2.36. The highest BCUT2D eigenvalue weighted by molar-refractivity contribution is 5.76. The largest absolute Gasteiger partial charge is 0.396 e. The molecule has 1 saturated carbocycles. The minimum Gasteiger partial charge on any atom is -0.396 e. The van der Waals surface area contributed by atoms with E-state index in [1.165, 1.54) is 37.8 Å². The molecule has 1 aromatic rings. The summed E-state index contributed by atoms with van der Waals surface area (Å²) >= 11 is 0. The summed E-state index contributed by atoms with van der Waals surface area (Å²) in [7, 11) is 0. The van der Waals surface area contributed by atoms with Crippen LogP contribution in [0.1, 0.15) is 56.9 Å². The summed E-state index contributed by atoms with van der Waals surface area (Å²) in [5.74, 6) is 0.730. The van der Waals surface area contributed by atoms with E-state index in [0.717, 1.165) is 37.3 Å². The lowest BCUT2D eigenvalue weighted by atomic mass is 9.75. The van der Waals surface area contributed by atoms with Gasteiger partial charge >= 0.3 is 0 Å². The van der Waals surface area contributed by atoms with E-state index in [4.69, 9.17) is 0 Å². The van der Waals surface area contributed by atoms with Gasteiger partial charge < -0.3 is 10.0 Å². The zero-order chi connectivity index (χ0) is 17.7. The van der Waals surface area contributed by atoms with Crippen LogP contribution in [0.2, 0.25) is 0 Å². The number of likely N-dealkylation sites (tertiary alicyclic amines) is 1. The Hall–Kier alpha value is -1.42. The van der Waals surface area contributed by atoms with Crippen LogP contribution in [-0.2, 0) is 11.2 Å². The van der Waals surface area contributed by atoms with E-state index in [1.807, 2.05) is 4.90 Å². The topological polar surface area (TPSA) is 40.5 Å². The maximum Gasteiger partial charge on any atom is 0.222 e. The zero-order valence-corrected chi connectivity index (χ0v) is 15.1. The van der Waals surface area contributed by atoms with Gasteiger partial charge in [-0.15, -0.1) is 0 Å². The molecule has 3 rings (SSSR count). The molecule has 1 heterocycles. The van der Waals surface area contributed by atoms with Gasteiger partial charge in [0, 0.05) is 24.9 Å². The molecule has 1 amide bonds. The van der Waals surface area contributed by atoms with Crippen molar-refractivity contribution in [2.24, 2.45) is 11.3 Å². The Morgan fingerprint density at radius 3 is 2.60 bits per heavy atom. The van der Waals surface area contributed by atoms with Crippen LogP contribution in [-0.4, -0.2) is 35.6 Å². The number of aliphatic hydroxyl groups is 1. The van der Waals surface area contributed by atoms with Gasteiger partial charge in [0.15, 0.2) is 0 Å². The monoisotopic (exact) mass is 347 g/mol. The minimum atomic E-state index is -0.293. The highest BCUT2D eigenvalue weighted by atomic mass is 19.1. The van der Waals surface area contributed by atoms with Gasteiger partial charge in [-0.2, -0.15) is 0 Å². The summed E-state index contributed by atoms with van der Waals surface area (Å²) in [5, 5.41) is 10.0. The molecule has 0 aromatic heterocycles. The smallest absolute Gasteiger partial charge is 0.222 e. The van der Waals surface area contributed by atoms with Crippen molar-refractivity contribution in [3.05, 3.63) is 35.6 Å². The summed E-state index contributed by atoms with van der Waals surface area (Å²) in [4.78, 5) is 14.6. The normalized spacial score (nSPS) is 24.6. The minimum absolute atomic E-state index is 0.0663. The first-order valence-electron chi connectivity index (χ1n) is 9.73. The Labute approximate surface area is 150 Å². The molecule has 1 aliphatic carbocycles. The molecular weight excluding hydrogens is 317 g/mol. The average molecular weight is 347 g/mol. The number of hydrogen-bond donors (Lipinski definition) is 1. The predicted octanol–water partition coefficient (Wildman–Crippen LogP) is 3.94. The van der Waals surface area contributed by atoms with Crippen molar-refractivity contribution in [3.63, 3.8) is 0 Å². The van der Waals surface area contributed by atoms with Gasteiger partial charge in [-0.25, -0.2) is 4.39 Å². The second-order valence-electron chi connectivity index (χ2n) is 8.07. The van der Waals surface area contributed by atoms with Crippen LogP contribution in [0, 0.1) is 17.2 Å². The quantitative estimate of drug-likeness (QED) is 0.847. The molecule has 1 aliphatic heterocycles. The first-order valence-corrected chi connectivity index (χ1v) is 9.73. The number of nitrogens with zero attached hydrogens (tertiary/aromatic N) is 1. The third-order valence-electron chi connectivity index (χ3n) is 6.08. The SMILES string of the molecule is O=C(CCC1CCCC1)N1CCC[C@](CO)(Cc2ccc(F)cc2)C1. The van der Waals surface area contributed by atoms with Gasteiger partial charge in [-0.1, -0.05) is 37.8 Å². The van der Waals surface area contributed by atoms with E-state index in [1.54, 1.807) is 12.1 Å². The van der Waals surface area contributed by atoms with Crippen molar-refractivity contribution >= 4 is 5.91 Å². The third kappa shape index (κ3) is 4.81. The maximum absolute atomic E-state index is 13.1. The maximum atomic E-state index is 13.1. The first kappa shape index (κ1) is 18.4. The van der Waals surface area contributed by atoms with Crippen molar-refractivity contribution in [2.45, 2.75) is 57.8 Å². The van der Waals surface area contributed by atoms with Crippen LogP contribution in [0.25, 0.3) is 0 Å². The van der Waals surface area contributed by atoms with Crippen molar-refractivity contribution < 1.29 is 14.3 Å². The van der Waals surface area contributed by atoms with Crippen molar-refractivity contribution in [1.29, 1.82) is 0 Å². The Balaban J connectivity index is 1.58. The summed E-state index contributed by atoms with van der Waals surface area (Å²) in [6.45, 7) is 1.48. The van der Waals surface area contributed by atoms with E-state index in [-0.39, 0.29) is 23.7 Å². The average Bonchev–Trinajstić information content (AvgIpc) is 3.15. The number of carbonyl (C=O) groups excluding carboxylic acids is 1. The molecule has 4 heteroatoms. The third-order valence-corrected chi connectivity index (χ3v) is 6.08. The van der Waals surface area contributed by atoms with Crippen LogP contribution in [0.3, 0.4) is 0 Å². The fraction of sp³-hybridized carbons (Fsp3) is 0.667. The van der Waals surface area contributed by atoms with Crippen LogP contribution >= 0.6 is 0 Å². The number of amides is 1. The van der Waals surface area contributed by atoms with Crippen LogP contribution in [0.4, 0.5) is 4.39 Å². The Kier molecular flexibility index (Phi) is 6.10. The summed E-state index contributed by atoms with van der Waals surface area (Å²) < 4.78 is 13.1. The fourth-order valence-corrected chi connectivity index (χ4v) is 4.57. The molecule has 2 fully saturated rings. The summed E-state index contributed by atoms with van der Waals surface area (Å²) in [6.07, 6.45) is 9.36. The van der Waals surface area contributed by atoms with Crippen LogP contribution in [0.5, 0.6) is 0 Å². The van der Waals surface area contributed by atoms with Gasteiger partial charge in [0.1, 0.15) is 5.82 Å². The van der Waals surface area contributed by atoms with Crippen LogP contribution < -0.4 is 0 Å². The lowest BCUT2D eigenvalue weighted by Crippen LogP contribution is -2.49. The molecule has 25 heavy (non-hydrogen) atoms. The molecule has 1 saturated heterocycles. The summed E-state index contributed by atoms with van der Waals surface area (Å²) in [5.41, 5.74) is 0.731. The first-order chi connectivity index (χ1) is 12.1. The number of rotatable bonds is 6. The standard InChI is InChI=1S/C21H30FNO2/c22-19-9-6-18(7-10-19)14-21(16-24)12-3-13-23(15-21)20(25)11-8-17-4-1-2-5-17/h6-7,9-10,17,24H,1-5,8,11-16H2/t21-/m0/s1. The van der Waals surface area contributed by atoms with Crippen molar-refractivity contribution in [1.82, 2.24) is 4.90 Å². The molecular formula is C21H30FNO2. The number of halogens is 1. The second kappa shape index (κ2) is 8.31. The number of benzene rings is 1. The lowest BCUT2D eigenvalue weighted by molar-refractivity contribution is -0.135. The molecule has 138 valence electrons. The Morgan fingerprint density at radius 2 is 1.92 bits per heavy atom. The van der Waals surface area contributed by atoms with Gasteiger partial charge in [0.25, 0.3) is 0 Å². The van der Waals surface area contributed by atoms with E-state index in [0.29, 0.717) is 19.4 Å². The number of hydrogen-bond acceptors (Lipinski definition) is 2. The van der Waals surface area contributed by atoms with Crippen LogP contribution in [0.15, 0.2) is 24.3 Å². The molecule has 0 bridgehead atoms. The molecule has 0 unspecified atom stereocenters. The second-order valence-corrected chi connectivity index (χ2v) is 8.07. The predicted molar refractivity (Wildman–Crippen MR) is 96.6 cm³/mol. The van der Waals surface area contributed by atoms with Gasteiger partial charge in [-0.05, 0) is 49.3 Å². The number of piperidine rings is 1. The van der Waals surface area contributed by atoms with E-state index in [9.17, 15) is 14.3 Å². The van der Waals surface area contributed by atoms with Gasteiger partial charge in [-0.3, -0.25) is 4.79 Å². The number of aliphatic hydroxyl groups excluding tert-OH is 1. The molecule has 3 nitrogen and oxygen atoms in total. The van der Waals surface area contributed by atoms with Gasteiger partial charge in [0.05, 0.1) is 6.61 Å². The Bertz CT molecular complexity index is 568.